The molecule has 0 amide bonds. The number of alkyl halides is 3. The van der Waals surface area contributed by atoms with Crippen LogP contribution in [0.15, 0.2) is 51.8 Å². The molecule has 0 saturated heterocycles. The standard InChI is InChI=1S/C24H27BrF3N5O3S/c1-33(2)22-18-5-3-4-6-19(18)31-23(32-22)30-17-10-7-15(8-11-17)14-29-37(34,35)21-12-9-16(25)13-20(21)36-24(26,27)28/h3-6,9,12-13,15,17,29H,7-8,10-11,14H2,1-2H3,(H,30,31,32). The number of anilines is 2. The first kappa shape index (κ1) is 27.4. The van der Waals surface area contributed by atoms with Crippen molar-refractivity contribution in [3.05, 3.63) is 46.9 Å². The van der Waals surface area contributed by atoms with Crippen LogP contribution in [0.25, 0.3) is 10.9 Å². The van der Waals surface area contributed by atoms with Crippen molar-refractivity contribution in [3.8, 4) is 5.75 Å². The van der Waals surface area contributed by atoms with E-state index in [2.05, 4.69) is 40.7 Å². The molecule has 0 aliphatic heterocycles. The van der Waals surface area contributed by atoms with Crippen LogP contribution in [-0.2, 0) is 10.0 Å². The lowest BCUT2D eigenvalue weighted by molar-refractivity contribution is -0.275. The van der Waals surface area contributed by atoms with E-state index in [-0.39, 0.29) is 23.0 Å². The van der Waals surface area contributed by atoms with Crippen molar-refractivity contribution in [1.29, 1.82) is 0 Å². The van der Waals surface area contributed by atoms with E-state index in [1.165, 1.54) is 6.07 Å². The number of hydrogen-bond donors (Lipinski definition) is 2. The molecule has 0 radical (unpaired) electrons. The zero-order chi connectivity index (χ0) is 26.8. The van der Waals surface area contributed by atoms with E-state index < -0.39 is 27.0 Å². The molecule has 0 atom stereocenters. The van der Waals surface area contributed by atoms with Crippen molar-refractivity contribution < 1.29 is 26.3 Å². The molecule has 1 aliphatic rings. The predicted molar refractivity (Wildman–Crippen MR) is 139 cm³/mol. The summed E-state index contributed by atoms with van der Waals surface area (Å²) in [5.41, 5.74) is 0.841. The van der Waals surface area contributed by atoms with Crippen LogP contribution in [0, 0.1) is 5.92 Å². The SMILES string of the molecule is CN(C)c1nc(NC2CCC(CNS(=O)(=O)c3ccc(Br)cc3OC(F)(F)F)CC2)nc2ccccc12. The van der Waals surface area contributed by atoms with Crippen molar-refractivity contribution in [2.75, 3.05) is 30.9 Å². The second kappa shape index (κ2) is 11.0. The van der Waals surface area contributed by atoms with Crippen LogP contribution in [0.2, 0.25) is 0 Å². The van der Waals surface area contributed by atoms with E-state index in [4.69, 9.17) is 0 Å². The molecule has 1 aromatic heterocycles. The normalized spacial score (nSPS) is 18.5. The van der Waals surface area contributed by atoms with Crippen LogP contribution >= 0.6 is 15.9 Å². The first-order valence-electron chi connectivity index (χ1n) is 11.7. The quantitative estimate of drug-likeness (QED) is 0.361. The van der Waals surface area contributed by atoms with E-state index in [9.17, 15) is 21.6 Å². The van der Waals surface area contributed by atoms with Gasteiger partial charge < -0.3 is 15.0 Å². The molecular formula is C24H27BrF3N5O3S. The Hall–Kier alpha value is -2.64. The summed E-state index contributed by atoms with van der Waals surface area (Å²) in [6, 6.07) is 11.3. The van der Waals surface area contributed by atoms with Crippen LogP contribution < -0.4 is 19.7 Å². The molecule has 13 heteroatoms. The fraction of sp³-hybridized carbons (Fsp3) is 0.417. The van der Waals surface area contributed by atoms with E-state index in [1.54, 1.807) is 0 Å². The minimum Gasteiger partial charge on any atom is -0.404 e. The van der Waals surface area contributed by atoms with Gasteiger partial charge in [0.15, 0.2) is 5.75 Å². The summed E-state index contributed by atoms with van der Waals surface area (Å²) in [5.74, 6) is 0.622. The Balaban J connectivity index is 1.36. The second-order valence-corrected chi connectivity index (χ2v) is 11.8. The third-order valence-electron chi connectivity index (χ3n) is 6.17. The molecule has 8 nitrogen and oxygen atoms in total. The number of benzene rings is 2. The Morgan fingerprint density at radius 1 is 1.08 bits per heavy atom. The summed E-state index contributed by atoms with van der Waals surface area (Å²) in [7, 11) is -0.356. The average molecular weight is 602 g/mol. The largest absolute Gasteiger partial charge is 0.573 e. The Labute approximate surface area is 221 Å². The molecule has 37 heavy (non-hydrogen) atoms. The summed E-state index contributed by atoms with van der Waals surface area (Å²) in [5, 5.41) is 4.37. The van der Waals surface area contributed by atoms with Crippen molar-refractivity contribution in [1.82, 2.24) is 14.7 Å². The first-order chi connectivity index (χ1) is 17.4. The van der Waals surface area contributed by atoms with Crippen molar-refractivity contribution in [2.24, 2.45) is 5.92 Å². The molecule has 3 aromatic rings. The van der Waals surface area contributed by atoms with E-state index in [1.807, 2.05) is 43.3 Å². The van der Waals surface area contributed by atoms with Gasteiger partial charge in [-0.3, -0.25) is 0 Å². The highest BCUT2D eigenvalue weighted by Gasteiger charge is 2.34. The molecule has 0 spiro atoms. The van der Waals surface area contributed by atoms with Gasteiger partial charge in [0.1, 0.15) is 10.7 Å². The summed E-state index contributed by atoms with van der Waals surface area (Å²) in [4.78, 5) is 10.7. The van der Waals surface area contributed by atoms with Gasteiger partial charge in [-0.2, -0.15) is 4.98 Å². The number of hydrogen-bond acceptors (Lipinski definition) is 7. The number of nitrogens with one attached hydrogen (secondary N) is 2. The van der Waals surface area contributed by atoms with Gasteiger partial charge in [-0.25, -0.2) is 18.1 Å². The van der Waals surface area contributed by atoms with Crippen LogP contribution in [0.5, 0.6) is 5.75 Å². The number of ether oxygens (including phenoxy) is 1. The zero-order valence-electron chi connectivity index (χ0n) is 20.2. The minimum atomic E-state index is -5.02. The van der Waals surface area contributed by atoms with E-state index in [0.29, 0.717) is 5.95 Å². The smallest absolute Gasteiger partial charge is 0.404 e. The first-order valence-corrected chi connectivity index (χ1v) is 13.9. The molecule has 2 N–H and O–H groups in total. The third-order valence-corrected chi connectivity index (χ3v) is 8.13. The number of halogens is 4. The highest BCUT2D eigenvalue weighted by molar-refractivity contribution is 9.10. The van der Waals surface area contributed by atoms with Gasteiger partial charge in [0, 0.05) is 36.5 Å². The summed E-state index contributed by atoms with van der Waals surface area (Å²) < 4.78 is 70.6. The topological polar surface area (TPSA) is 96.5 Å². The predicted octanol–water partition coefficient (Wildman–Crippen LogP) is 5.31. The molecule has 1 saturated carbocycles. The fourth-order valence-electron chi connectivity index (χ4n) is 4.37. The molecule has 1 heterocycles. The maximum atomic E-state index is 12.8. The Kier molecular flexibility index (Phi) is 8.14. The molecule has 1 aliphatic carbocycles. The summed E-state index contributed by atoms with van der Waals surface area (Å²) in [6.07, 6.45) is -1.99. The Morgan fingerprint density at radius 2 is 1.78 bits per heavy atom. The van der Waals surface area contributed by atoms with Crippen molar-refractivity contribution >= 4 is 48.6 Å². The maximum Gasteiger partial charge on any atom is 0.573 e. The number of aromatic nitrogens is 2. The van der Waals surface area contributed by atoms with Gasteiger partial charge in [0.05, 0.1) is 5.52 Å². The lowest BCUT2D eigenvalue weighted by Crippen LogP contribution is -2.34. The Bertz CT molecular complexity index is 1360. The molecule has 4 rings (SSSR count). The summed E-state index contributed by atoms with van der Waals surface area (Å²) >= 11 is 3.04. The lowest BCUT2D eigenvalue weighted by atomic mass is 9.86. The van der Waals surface area contributed by atoms with Gasteiger partial charge >= 0.3 is 6.36 Å². The van der Waals surface area contributed by atoms with Crippen molar-refractivity contribution in [2.45, 2.75) is 43.0 Å². The molecular weight excluding hydrogens is 575 g/mol. The van der Waals surface area contributed by atoms with Crippen molar-refractivity contribution in [3.63, 3.8) is 0 Å². The number of fused-ring (bicyclic) bond motifs is 1. The number of para-hydroxylation sites is 1. The van der Waals surface area contributed by atoms with E-state index in [0.717, 1.165) is 54.5 Å². The van der Waals surface area contributed by atoms with Gasteiger partial charge in [-0.15, -0.1) is 13.2 Å². The van der Waals surface area contributed by atoms with E-state index >= 15 is 0 Å². The van der Waals surface area contributed by atoms with Crippen LogP contribution in [0.4, 0.5) is 24.9 Å². The molecule has 2 aromatic carbocycles. The molecule has 0 bridgehead atoms. The second-order valence-electron chi connectivity index (χ2n) is 9.14. The minimum absolute atomic E-state index is 0.0464. The van der Waals surface area contributed by atoms with Crippen LogP contribution in [0.3, 0.4) is 0 Å². The van der Waals surface area contributed by atoms with Gasteiger partial charge in [-0.1, -0.05) is 28.1 Å². The Morgan fingerprint density at radius 3 is 2.46 bits per heavy atom. The average Bonchev–Trinajstić information content (AvgIpc) is 2.82. The highest BCUT2D eigenvalue weighted by Crippen LogP contribution is 2.33. The number of nitrogens with zero attached hydrogens (tertiary/aromatic N) is 3. The fourth-order valence-corrected chi connectivity index (χ4v) is 5.94. The number of rotatable bonds is 8. The van der Waals surface area contributed by atoms with Gasteiger partial charge in [0.2, 0.25) is 16.0 Å². The molecule has 1 fully saturated rings. The zero-order valence-corrected chi connectivity index (χ0v) is 22.6. The number of sulfonamides is 1. The van der Waals surface area contributed by atoms with Gasteiger partial charge in [-0.05, 0) is 61.9 Å². The summed E-state index contributed by atoms with van der Waals surface area (Å²) in [6.45, 7) is 0.119. The highest BCUT2D eigenvalue weighted by atomic mass is 79.9. The maximum absolute atomic E-state index is 12.8. The van der Waals surface area contributed by atoms with Crippen LogP contribution in [0.1, 0.15) is 25.7 Å². The lowest BCUT2D eigenvalue weighted by Gasteiger charge is -2.29. The monoisotopic (exact) mass is 601 g/mol. The van der Waals surface area contributed by atoms with Crippen LogP contribution in [-0.4, -0.2) is 51.4 Å². The molecule has 200 valence electrons. The van der Waals surface area contributed by atoms with Gasteiger partial charge in [0.25, 0.3) is 0 Å². The molecule has 0 unspecified atom stereocenters. The third kappa shape index (κ3) is 7.02.